The minimum absolute atomic E-state index is 0.176. The van der Waals surface area contributed by atoms with Gasteiger partial charge in [0, 0.05) is 5.69 Å². The monoisotopic (exact) mass is 405 g/mol. The fourth-order valence-electron chi connectivity index (χ4n) is 2.56. The minimum atomic E-state index is -1.01. The molecule has 2 aromatic rings. The molecular formula is C20H20ClNO6. The first-order chi connectivity index (χ1) is 13.5. The van der Waals surface area contributed by atoms with Crippen molar-refractivity contribution in [2.24, 2.45) is 0 Å². The Morgan fingerprint density at radius 1 is 1.18 bits per heavy atom. The van der Waals surface area contributed by atoms with E-state index in [2.05, 4.69) is 5.32 Å². The van der Waals surface area contributed by atoms with Crippen LogP contribution in [0.1, 0.15) is 24.2 Å². The van der Waals surface area contributed by atoms with E-state index in [4.69, 9.17) is 30.5 Å². The van der Waals surface area contributed by atoms with Crippen LogP contribution in [-0.4, -0.2) is 37.8 Å². The number of carbonyl (C=O) groups is 2. The highest BCUT2D eigenvalue weighted by Gasteiger charge is 2.23. The first-order valence-corrected chi connectivity index (χ1v) is 9.19. The van der Waals surface area contributed by atoms with Gasteiger partial charge in [-0.3, -0.25) is 4.79 Å². The highest BCUT2D eigenvalue weighted by molar-refractivity contribution is 6.32. The number of amides is 1. The molecule has 0 aromatic heterocycles. The third kappa shape index (κ3) is 4.67. The van der Waals surface area contributed by atoms with E-state index in [0.29, 0.717) is 42.8 Å². The molecule has 7 nitrogen and oxygen atoms in total. The first-order valence-electron chi connectivity index (χ1n) is 8.81. The number of benzene rings is 2. The molecule has 3 rings (SSSR count). The molecule has 1 N–H and O–H groups in total. The average molecular weight is 406 g/mol. The number of anilines is 1. The summed E-state index contributed by atoms with van der Waals surface area (Å²) in [6.07, 6.45) is -1.01. The lowest BCUT2D eigenvalue weighted by molar-refractivity contribution is -0.123. The van der Waals surface area contributed by atoms with Crippen molar-refractivity contribution in [3.05, 3.63) is 47.0 Å². The Balaban J connectivity index is 1.62. The van der Waals surface area contributed by atoms with Crippen molar-refractivity contribution < 1.29 is 28.5 Å². The number of fused-ring (bicyclic) bond motifs is 1. The molecule has 1 aliphatic rings. The van der Waals surface area contributed by atoms with E-state index >= 15 is 0 Å². The van der Waals surface area contributed by atoms with Crippen LogP contribution < -0.4 is 19.5 Å². The third-order valence-electron chi connectivity index (χ3n) is 3.92. The Morgan fingerprint density at radius 3 is 2.61 bits per heavy atom. The predicted molar refractivity (Wildman–Crippen MR) is 104 cm³/mol. The second-order valence-electron chi connectivity index (χ2n) is 5.98. The van der Waals surface area contributed by atoms with Crippen LogP contribution in [0.3, 0.4) is 0 Å². The molecular weight excluding hydrogens is 386 g/mol. The summed E-state index contributed by atoms with van der Waals surface area (Å²) in [5, 5.41) is 2.93. The molecule has 0 radical (unpaired) electrons. The molecule has 148 valence electrons. The summed E-state index contributed by atoms with van der Waals surface area (Å²) in [6, 6.07) is 9.81. The van der Waals surface area contributed by atoms with Crippen molar-refractivity contribution in [3.63, 3.8) is 0 Å². The second-order valence-corrected chi connectivity index (χ2v) is 6.38. The maximum absolute atomic E-state index is 12.4. The normalized spacial score (nSPS) is 13.4. The minimum Gasteiger partial charge on any atom is -0.494 e. The maximum Gasteiger partial charge on any atom is 0.339 e. The quantitative estimate of drug-likeness (QED) is 0.738. The lowest BCUT2D eigenvalue weighted by Gasteiger charge is -2.20. The molecule has 0 aliphatic carbocycles. The Hall–Kier alpha value is -2.93. The molecule has 1 amide bonds. The molecule has 1 heterocycles. The highest BCUT2D eigenvalue weighted by atomic mass is 35.5. The summed E-state index contributed by atoms with van der Waals surface area (Å²) in [7, 11) is 0. The predicted octanol–water partition coefficient (Wildman–Crippen LogP) is 3.69. The fourth-order valence-corrected chi connectivity index (χ4v) is 2.82. The average Bonchev–Trinajstić information content (AvgIpc) is 2.69. The Kier molecular flexibility index (Phi) is 6.26. The SMILES string of the molecule is CCOc1ccc(NC(=O)[C@@H](C)OC(=O)c2cc(Cl)c3c(c2)OCCO3)cc1. The van der Waals surface area contributed by atoms with Crippen LogP contribution in [0.4, 0.5) is 5.69 Å². The molecule has 1 atom stereocenters. The van der Waals surface area contributed by atoms with E-state index in [9.17, 15) is 9.59 Å². The summed E-state index contributed by atoms with van der Waals surface area (Å²) < 4.78 is 21.5. The van der Waals surface area contributed by atoms with Gasteiger partial charge >= 0.3 is 5.97 Å². The zero-order valence-corrected chi connectivity index (χ0v) is 16.2. The standard InChI is InChI=1S/C20H20ClNO6/c1-3-25-15-6-4-14(5-7-15)22-19(23)12(2)28-20(24)13-10-16(21)18-17(11-13)26-8-9-27-18/h4-7,10-12H,3,8-9H2,1-2H3,(H,22,23)/t12-/m1/s1. The maximum atomic E-state index is 12.4. The molecule has 0 bridgehead atoms. The molecule has 28 heavy (non-hydrogen) atoms. The van der Waals surface area contributed by atoms with Crippen LogP contribution in [0.2, 0.25) is 5.02 Å². The van der Waals surface area contributed by atoms with Gasteiger partial charge in [-0.15, -0.1) is 0 Å². The number of hydrogen-bond acceptors (Lipinski definition) is 6. The van der Waals surface area contributed by atoms with E-state index in [1.54, 1.807) is 24.3 Å². The van der Waals surface area contributed by atoms with Crippen molar-refractivity contribution in [2.75, 3.05) is 25.1 Å². The Morgan fingerprint density at radius 2 is 1.89 bits per heavy atom. The smallest absolute Gasteiger partial charge is 0.339 e. The Labute approximate surface area is 167 Å². The van der Waals surface area contributed by atoms with Crippen LogP contribution in [-0.2, 0) is 9.53 Å². The van der Waals surface area contributed by atoms with Crippen molar-refractivity contribution in [3.8, 4) is 17.2 Å². The van der Waals surface area contributed by atoms with Gasteiger partial charge in [0.25, 0.3) is 5.91 Å². The number of rotatable bonds is 6. The van der Waals surface area contributed by atoms with Gasteiger partial charge in [0.1, 0.15) is 19.0 Å². The number of nitrogens with one attached hydrogen (secondary N) is 1. The lowest BCUT2D eigenvalue weighted by Crippen LogP contribution is -2.30. The first kappa shape index (κ1) is 19.8. The molecule has 0 spiro atoms. The van der Waals surface area contributed by atoms with Crippen molar-refractivity contribution in [2.45, 2.75) is 20.0 Å². The van der Waals surface area contributed by atoms with E-state index in [0.717, 1.165) is 0 Å². The van der Waals surface area contributed by atoms with E-state index in [-0.39, 0.29) is 10.6 Å². The van der Waals surface area contributed by atoms with Gasteiger partial charge in [-0.1, -0.05) is 11.6 Å². The highest BCUT2D eigenvalue weighted by Crippen LogP contribution is 2.38. The van der Waals surface area contributed by atoms with Gasteiger partial charge in [0.05, 0.1) is 17.2 Å². The van der Waals surface area contributed by atoms with E-state index < -0.39 is 18.0 Å². The van der Waals surface area contributed by atoms with Crippen LogP contribution >= 0.6 is 11.6 Å². The van der Waals surface area contributed by atoms with Crippen molar-refractivity contribution >= 4 is 29.2 Å². The zero-order valence-electron chi connectivity index (χ0n) is 15.5. The summed E-state index contributed by atoms with van der Waals surface area (Å²) in [5.41, 5.74) is 0.744. The van der Waals surface area contributed by atoms with E-state index in [1.807, 2.05) is 6.92 Å². The van der Waals surface area contributed by atoms with Crippen LogP contribution in [0.5, 0.6) is 17.2 Å². The second kappa shape index (κ2) is 8.84. The number of halogens is 1. The summed E-state index contributed by atoms with van der Waals surface area (Å²) in [5.74, 6) is 0.327. The molecule has 0 unspecified atom stereocenters. The summed E-state index contributed by atoms with van der Waals surface area (Å²) >= 11 is 6.13. The fraction of sp³-hybridized carbons (Fsp3) is 0.300. The van der Waals surface area contributed by atoms with Gasteiger partial charge in [-0.25, -0.2) is 4.79 Å². The van der Waals surface area contributed by atoms with Gasteiger partial charge in [-0.2, -0.15) is 0 Å². The third-order valence-corrected chi connectivity index (χ3v) is 4.20. The largest absolute Gasteiger partial charge is 0.494 e. The number of carbonyl (C=O) groups excluding carboxylic acids is 2. The molecule has 0 saturated heterocycles. The molecule has 2 aromatic carbocycles. The summed E-state index contributed by atoms with van der Waals surface area (Å²) in [6.45, 7) is 4.69. The molecule has 8 heteroatoms. The van der Waals surface area contributed by atoms with Crippen molar-refractivity contribution in [1.29, 1.82) is 0 Å². The number of esters is 1. The number of ether oxygens (including phenoxy) is 4. The van der Waals surface area contributed by atoms with Crippen LogP contribution in [0.15, 0.2) is 36.4 Å². The van der Waals surface area contributed by atoms with E-state index in [1.165, 1.54) is 19.1 Å². The van der Waals surface area contributed by atoms with Gasteiger partial charge in [0.2, 0.25) is 0 Å². The topological polar surface area (TPSA) is 83.1 Å². The molecule has 1 aliphatic heterocycles. The zero-order chi connectivity index (χ0) is 20.1. The Bertz CT molecular complexity index is 868. The van der Waals surface area contributed by atoms with Gasteiger partial charge < -0.3 is 24.3 Å². The molecule has 0 fully saturated rings. The summed E-state index contributed by atoms with van der Waals surface area (Å²) in [4.78, 5) is 24.7. The van der Waals surface area contributed by atoms with Crippen LogP contribution in [0.25, 0.3) is 0 Å². The molecule has 0 saturated carbocycles. The van der Waals surface area contributed by atoms with Gasteiger partial charge in [0.15, 0.2) is 17.6 Å². The number of hydrogen-bond donors (Lipinski definition) is 1. The van der Waals surface area contributed by atoms with Crippen molar-refractivity contribution in [1.82, 2.24) is 0 Å². The lowest BCUT2D eigenvalue weighted by atomic mass is 10.2. The van der Waals surface area contributed by atoms with Crippen LogP contribution in [0, 0.1) is 0 Å². The van der Waals surface area contributed by atoms with Gasteiger partial charge in [-0.05, 0) is 50.2 Å².